The molecule has 0 aliphatic carbocycles. The number of hydrogen-bond acceptors (Lipinski definition) is 15. The minimum absolute atomic E-state index is 0.0837. The van der Waals surface area contributed by atoms with E-state index in [0.717, 1.165) is 44.7 Å². The highest BCUT2D eigenvalue weighted by Gasteiger charge is 2.54. The van der Waals surface area contributed by atoms with E-state index in [0.29, 0.717) is 22.4 Å². The van der Waals surface area contributed by atoms with Crippen LogP contribution in [0.4, 0.5) is 9.93 Å². The third-order valence-electron chi connectivity index (χ3n) is 11.0. The predicted molar refractivity (Wildman–Crippen MR) is 274 cm³/mol. The summed E-state index contributed by atoms with van der Waals surface area (Å²) in [7, 11) is 0. The molecular formula is C51H45N9O6S4. The van der Waals surface area contributed by atoms with Gasteiger partial charge in [-0.15, -0.1) is 33.3 Å². The van der Waals surface area contributed by atoms with Crippen molar-refractivity contribution in [1.82, 2.24) is 35.8 Å². The van der Waals surface area contributed by atoms with Gasteiger partial charge < -0.3 is 19.6 Å². The number of carbonyl (C=O) groups is 3. The van der Waals surface area contributed by atoms with Crippen molar-refractivity contribution in [2.45, 2.75) is 54.6 Å². The number of amides is 3. The second-order valence-electron chi connectivity index (χ2n) is 16.9. The van der Waals surface area contributed by atoms with Crippen molar-refractivity contribution in [1.29, 1.82) is 0 Å². The van der Waals surface area contributed by atoms with Crippen LogP contribution in [0.3, 0.4) is 0 Å². The molecule has 3 amide bonds. The second-order valence-corrected chi connectivity index (χ2v) is 20.2. The van der Waals surface area contributed by atoms with Crippen LogP contribution >= 0.6 is 47.1 Å². The van der Waals surface area contributed by atoms with Gasteiger partial charge in [0.2, 0.25) is 15.8 Å². The number of tetrazole rings is 1. The highest BCUT2D eigenvalue weighted by molar-refractivity contribution is 8.01. The Hall–Kier alpha value is -7.19. The Balaban J connectivity index is 1.06. The zero-order valence-corrected chi connectivity index (χ0v) is 41.2. The number of rotatable bonds is 16. The average Bonchev–Trinajstić information content (AvgIpc) is 4.09. The summed E-state index contributed by atoms with van der Waals surface area (Å²) >= 11 is 10.0. The number of hydrogen-bond donors (Lipinski definition) is 3. The van der Waals surface area contributed by atoms with E-state index in [-0.39, 0.29) is 21.6 Å². The number of nitrogens with one attached hydrogen (secondary N) is 3. The maximum Gasteiger partial charge on any atom is 0.413 e. The average molecular weight is 1010 g/mol. The zero-order valence-electron chi connectivity index (χ0n) is 37.9. The molecule has 19 heteroatoms. The number of benzene rings is 5. The van der Waals surface area contributed by atoms with Gasteiger partial charge in [-0.25, -0.2) is 9.78 Å². The number of aromatic amines is 1. The molecule has 7 aromatic rings. The fourth-order valence-electron chi connectivity index (χ4n) is 7.93. The first-order valence-corrected chi connectivity index (χ1v) is 25.3. The van der Waals surface area contributed by atoms with Crippen molar-refractivity contribution < 1.29 is 28.7 Å². The molecule has 4 heterocycles. The van der Waals surface area contributed by atoms with Gasteiger partial charge in [0.15, 0.2) is 10.8 Å². The number of nitrogens with zero attached hydrogens (tertiary/aromatic N) is 6. The van der Waals surface area contributed by atoms with Gasteiger partial charge in [0.1, 0.15) is 28.8 Å². The van der Waals surface area contributed by atoms with Crippen LogP contribution in [0.5, 0.6) is 0 Å². The summed E-state index contributed by atoms with van der Waals surface area (Å²) in [5.41, 5.74) is 2.91. The molecule has 2 aliphatic heterocycles. The molecule has 354 valence electrons. The number of thioether (sulfide) groups is 2. The molecular weight excluding hydrogens is 963 g/mol. The summed E-state index contributed by atoms with van der Waals surface area (Å²) < 4.78 is 12.2. The Labute approximate surface area is 421 Å². The number of fused-ring (bicyclic) bond motifs is 1. The molecule has 0 radical (unpaired) electrons. The molecule has 0 saturated carbocycles. The Morgan fingerprint density at radius 3 is 1.94 bits per heavy atom. The summed E-state index contributed by atoms with van der Waals surface area (Å²) in [4.78, 5) is 55.5. The first-order chi connectivity index (χ1) is 34.0. The van der Waals surface area contributed by atoms with Gasteiger partial charge in [0.05, 0.1) is 5.70 Å². The smallest absolute Gasteiger partial charge is 0.413 e. The summed E-state index contributed by atoms with van der Waals surface area (Å²) in [6.07, 6.45) is -1.31. The molecule has 2 atom stereocenters. The van der Waals surface area contributed by atoms with Gasteiger partial charge >= 0.3 is 6.09 Å². The minimum atomic E-state index is -1.37. The van der Waals surface area contributed by atoms with Gasteiger partial charge in [-0.1, -0.05) is 169 Å². The van der Waals surface area contributed by atoms with Gasteiger partial charge in [-0.2, -0.15) is 5.21 Å². The van der Waals surface area contributed by atoms with Gasteiger partial charge in [0, 0.05) is 33.6 Å². The van der Waals surface area contributed by atoms with Crippen LogP contribution in [0.2, 0.25) is 0 Å². The quantitative estimate of drug-likeness (QED) is 0.0208. The molecule has 1 saturated heterocycles. The van der Waals surface area contributed by atoms with Gasteiger partial charge in [-0.05, 0) is 54.9 Å². The van der Waals surface area contributed by atoms with Crippen LogP contribution < -0.4 is 10.6 Å². The van der Waals surface area contributed by atoms with E-state index in [1.165, 1.54) is 23.5 Å². The molecule has 0 bridgehead atoms. The lowest BCUT2D eigenvalue weighted by Crippen LogP contribution is -2.71. The van der Waals surface area contributed by atoms with E-state index in [1.54, 1.807) is 31.1 Å². The van der Waals surface area contributed by atoms with Crippen molar-refractivity contribution in [2.75, 3.05) is 16.8 Å². The molecule has 1 fully saturated rings. The summed E-state index contributed by atoms with van der Waals surface area (Å²) in [5.74, 6) is -0.339. The fourth-order valence-corrected chi connectivity index (χ4v) is 11.2. The largest absolute Gasteiger partial charge is 0.469 e. The second kappa shape index (κ2) is 21.2. The number of aromatic nitrogens is 5. The number of oxime groups is 1. The normalized spacial score (nSPS) is 16.0. The number of thiazole rings is 1. The van der Waals surface area contributed by atoms with Crippen LogP contribution in [0, 0.1) is 0 Å². The molecule has 3 N–H and O–H groups in total. The topological polar surface area (TPSA) is 186 Å². The van der Waals surface area contributed by atoms with E-state index in [4.69, 9.17) is 26.5 Å². The van der Waals surface area contributed by atoms with E-state index in [1.807, 2.05) is 152 Å². The highest BCUT2D eigenvalue weighted by Crippen LogP contribution is 2.44. The minimum Gasteiger partial charge on any atom is -0.469 e. The third kappa shape index (κ3) is 10.5. The molecule has 15 nitrogen and oxygen atoms in total. The number of ether oxygens (including phenoxy) is 2. The lowest BCUT2D eigenvalue weighted by atomic mass is 9.80. The predicted octanol–water partition coefficient (Wildman–Crippen LogP) is 9.30. The van der Waals surface area contributed by atoms with Crippen molar-refractivity contribution in [3.8, 4) is 0 Å². The Bertz CT molecular complexity index is 2880. The first-order valence-electron chi connectivity index (χ1n) is 22.0. The van der Waals surface area contributed by atoms with Crippen molar-refractivity contribution >= 4 is 80.9 Å². The van der Waals surface area contributed by atoms with E-state index in [2.05, 4.69) is 41.4 Å². The van der Waals surface area contributed by atoms with Gasteiger partial charge in [0.25, 0.3) is 11.8 Å². The lowest BCUT2D eigenvalue weighted by molar-refractivity contribution is -0.144. The number of thiocarbonyl (C=S) groups is 1. The lowest BCUT2D eigenvalue weighted by Gasteiger charge is -2.50. The Morgan fingerprint density at radius 2 is 1.41 bits per heavy atom. The van der Waals surface area contributed by atoms with E-state index < -0.39 is 46.6 Å². The number of anilines is 1. The SMILES string of the molecule is CC(C)(C)OC(=O)Nc1nc(/C(=N/OC(c2ccccc2)(c2ccccc2)c2ccccc2)C(=O)N[C@@H]2C(=O)N3C(C(=S)OC(c4ccccc4)c4ccccc4)=C(CSc4nn[nH]n4)CS[C@H]23)cs1. The zero-order chi connectivity index (χ0) is 48.7. The van der Waals surface area contributed by atoms with Crippen LogP contribution in [0.15, 0.2) is 179 Å². The van der Waals surface area contributed by atoms with Crippen LogP contribution in [-0.4, -0.2) is 87.7 Å². The van der Waals surface area contributed by atoms with Crippen LogP contribution in [0.1, 0.15) is 60.4 Å². The third-order valence-corrected chi connectivity index (χ3v) is 14.4. The Kier molecular flexibility index (Phi) is 14.5. The summed E-state index contributed by atoms with van der Waals surface area (Å²) in [6.45, 7) is 5.25. The standard InChI is InChI=1S/C51H45N9O6S4/c1-50(2,3)65-49(63)54-47-52-38(31-70-47)39(57-66-51(35-23-13-6-14-24-35,36-25-15-7-16-26-36)37-27-17-8-18-28-37)43(61)53-40-44(62)60-41(34(29-68-45(40)60)30-69-48-55-58-59-56-48)46(67)64-42(32-19-9-4-10-20-32)33-21-11-5-12-22-33/h4-28,31,40,42,45H,29-30H2,1-3H3,(H,53,61)(H,52,54,63)(H,55,56,58,59)/b57-39-/t40-,45-/m1/s1. The monoisotopic (exact) mass is 1010 g/mol. The number of H-pyrrole nitrogens is 1. The maximum atomic E-state index is 14.9. The molecule has 70 heavy (non-hydrogen) atoms. The summed E-state index contributed by atoms with van der Waals surface area (Å²) in [5, 5.41) is 26.4. The number of carbonyl (C=O) groups excluding carboxylic acids is 3. The highest BCUT2D eigenvalue weighted by atomic mass is 32.2. The molecule has 0 spiro atoms. The molecule has 5 aromatic carbocycles. The molecule has 2 aromatic heterocycles. The first kappa shape index (κ1) is 47.9. The fraction of sp³-hybridized carbons (Fsp3) is 0.196. The van der Waals surface area contributed by atoms with Crippen LogP contribution in [-0.2, 0) is 29.5 Å². The van der Waals surface area contributed by atoms with Crippen molar-refractivity contribution in [2.24, 2.45) is 5.16 Å². The van der Waals surface area contributed by atoms with E-state index in [9.17, 15) is 14.4 Å². The van der Waals surface area contributed by atoms with Crippen molar-refractivity contribution in [3.63, 3.8) is 0 Å². The maximum absolute atomic E-state index is 14.9. The van der Waals surface area contributed by atoms with Gasteiger partial charge in [-0.3, -0.25) is 19.8 Å². The molecule has 0 unspecified atom stereocenters. The molecule has 9 rings (SSSR count). The Morgan fingerprint density at radius 1 is 0.857 bits per heavy atom. The van der Waals surface area contributed by atoms with Crippen LogP contribution in [0.25, 0.3) is 0 Å². The summed E-state index contributed by atoms with van der Waals surface area (Å²) in [6, 6.07) is 47.1. The molecule has 2 aliphatic rings. The van der Waals surface area contributed by atoms with Crippen molar-refractivity contribution in [3.05, 3.63) is 202 Å². The number of β-lactam (4-membered cyclic amide) rings is 1. The van der Waals surface area contributed by atoms with E-state index >= 15 is 0 Å².